The van der Waals surface area contributed by atoms with E-state index >= 15 is 0 Å². The van der Waals surface area contributed by atoms with Crippen LogP contribution in [-0.2, 0) is 17.8 Å². The summed E-state index contributed by atoms with van der Waals surface area (Å²) in [6.07, 6.45) is 4.11. The second kappa shape index (κ2) is 9.26. The van der Waals surface area contributed by atoms with Crippen molar-refractivity contribution in [3.63, 3.8) is 0 Å². The molecule has 158 valence electrons. The Labute approximate surface area is 174 Å². The van der Waals surface area contributed by atoms with Crippen molar-refractivity contribution in [2.75, 3.05) is 6.61 Å². The molecule has 2 aromatic heterocycles. The molecular formula is C23H26N2O5. The average Bonchev–Trinajstić information content (AvgIpc) is 2.70. The van der Waals surface area contributed by atoms with Crippen molar-refractivity contribution < 1.29 is 13.9 Å². The highest BCUT2D eigenvalue weighted by atomic mass is 16.5. The van der Waals surface area contributed by atoms with Crippen molar-refractivity contribution in [1.29, 1.82) is 0 Å². The zero-order valence-electron chi connectivity index (χ0n) is 17.1. The van der Waals surface area contributed by atoms with Crippen LogP contribution in [0.4, 0.5) is 0 Å². The Morgan fingerprint density at radius 3 is 2.77 bits per heavy atom. The minimum absolute atomic E-state index is 0.0362. The van der Waals surface area contributed by atoms with E-state index in [0.29, 0.717) is 36.5 Å². The lowest BCUT2D eigenvalue weighted by molar-refractivity contribution is -0.00616. The second-order valence-corrected chi connectivity index (χ2v) is 7.82. The summed E-state index contributed by atoms with van der Waals surface area (Å²) in [5.41, 5.74) is 1.02. The maximum Gasteiger partial charge on any atom is 0.337 e. The van der Waals surface area contributed by atoms with Crippen LogP contribution in [0.15, 0.2) is 50.4 Å². The molecule has 0 atom stereocenters. The molecule has 1 aliphatic rings. The Balaban J connectivity index is 1.35. The van der Waals surface area contributed by atoms with Crippen molar-refractivity contribution in [1.82, 2.24) is 9.97 Å². The van der Waals surface area contributed by atoms with Gasteiger partial charge in [-0.3, -0.25) is 9.78 Å². The fourth-order valence-corrected chi connectivity index (χ4v) is 3.73. The molecule has 1 saturated carbocycles. The van der Waals surface area contributed by atoms with Gasteiger partial charge in [0, 0.05) is 6.07 Å². The molecule has 1 aromatic carbocycles. The number of nitrogens with zero attached hydrogens (tertiary/aromatic N) is 1. The number of hydrogen-bond acceptors (Lipinski definition) is 6. The molecule has 30 heavy (non-hydrogen) atoms. The molecule has 1 fully saturated rings. The number of benzene rings is 1. The van der Waals surface area contributed by atoms with E-state index in [4.69, 9.17) is 13.9 Å². The summed E-state index contributed by atoms with van der Waals surface area (Å²) in [5.74, 6) is 0.421. The minimum atomic E-state index is -0.503. The monoisotopic (exact) mass is 410 g/mol. The van der Waals surface area contributed by atoms with Crippen molar-refractivity contribution in [2.45, 2.75) is 51.7 Å². The first-order chi connectivity index (χ1) is 14.6. The van der Waals surface area contributed by atoms with Gasteiger partial charge in [-0.15, -0.1) is 0 Å². The molecule has 0 spiro atoms. The third-order valence-electron chi connectivity index (χ3n) is 5.41. The van der Waals surface area contributed by atoms with Crippen LogP contribution in [0.1, 0.15) is 43.7 Å². The molecule has 0 radical (unpaired) electrons. The number of nitrogens with one attached hydrogen (secondary N) is 1. The average molecular weight is 410 g/mol. The SMILES string of the molecule is CCCCc1cc(=O)oc2nc(O[C@H]3C[C@@H](COCc4ccccc4)C3)[nH]c(=O)c12. The number of ether oxygens (including phenoxy) is 2. The number of unbranched alkanes of at least 4 members (excludes halogenated alkanes) is 1. The van der Waals surface area contributed by atoms with Crippen molar-refractivity contribution in [3.8, 4) is 6.01 Å². The molecule has 0 bridgehead atoms. The molecule has 4 rings (SSSR count). The summed E-state index contributed by atoms with van der Waals surface area (Å²) in [7, 11) is 0. The van der Waals surface area contributed by atoms with Gasteiger partial charge in [-0.25, -0.2) is 4.79 Å². The molecule has 0 aliphatic heterocycles. The number of rotatable bonds is 9. The summed E-state index contributed by atoms with van der Waals surface area (Å²) < 4.78 is 16.8. The van der Waals surface area contributed by atoms with E-state index < -0.39 is 5.63 Å². The van der Waals surface area contributed by atoms with Gasteiger partial charge in [0.25, 0.3) is 11.6 Å². The predicted octanol–water partition coefficient (Wildman–Crippen LogP) is 3.59. The Hall–Kier alpha value is -2.93. The molecule has 7 nitrogen and oxygen atoms in total. The number of aryl methyl sites for hydroxylation is 1. The van der Waals surface area contributed by atoms with E-state index in [0.717, 1.165) is 31.2 Å². The molecule has 1 aliphatic carbocycles. The van der Waals surface area contributed by atoms with Crippen LogP contribution >= 0.6 is 0 Å². The molecule has 0 unspecified atom stereocenters. The van der Waals surface area contributed by atoms with Gasteiger partial charge in [0.15, 0.2) is 0 Å². The normalized spacial score (nSPS) is 18.3. The summed E-state index contributed by atoms with van der Waals surface area (Å²) in [6.45, 7) is 3.33. The lowest BCUT2D eigenvalue weighted by atomic mass is 9.83. The van der Waals surface area contributed by atoms with Crippen molar-refractivity contribution in [3.05, 3.63) is 68.3 Å². The van der Waals surface area contributed by atoms with Gasteiger partial charge in [0.1, 0.15) is 11.5 Å². The summed E-state index contributed by atoms with van der Waals surface area (Å²) >= 11 is 0. The summed E-state index contributed by atoms with van der Waals surface area (Å²) in [5, 5.41) is 0.330. The van der Waals surface area contributed by atoms with Crippen LogP contribution in [0.2, 0.25) is 0 Å². The topological polar surface area (TPSA) is 94.4 Å². The third kappa shape index (κ3) is 4.79. The van der Waals surface area contributed by atoms with Gasteiger partial charge >= 0.3 is 5.63 Å². The number of hydrogen-bond donors (Lipinski definition) is 1. The lowest BCUT2D eigenvalue weighted by Gasteiger charge is -2.34. The first kappa shape index (κ1) is 20.3. The Bertz CT molecular complexity index is 1100. The zero-order valence-corrected chi connectivity index (χ0v) is 17.1. The minimum Gasteiger partial charge on any atom is -0.461 e. The Morgan fingerprint density at radius 1 is 1.20 bits per heavy atom. The molecule has 7 heteroatoms. The van der Waals surface area contributed by atoms with Crippen LogP contribution < -0.4 is 15.9 Å². The van der Waals surface area contributed by atoms with E-state index in [1.165, 1.54) is 6.07 Å². The van der Waals surface area contributed by atoms with Crippen molar-refractivity contribution in [2.24, 2.45) is 5.92 Å². The second-order valence-electron chi connectivity index (χ2n) is 7.82. The fraction of sp³-hybridized carbons (Fsp3) is 0.435. The van der Waals surface area contributed by atoms with Gasteiger partial charge < -0.3 is 13.9 Å². The standard InChI is InChI=1S/C23H26N2O5/c1-2-3-9-17-12-19(26)30-22-20(17)21(27)24-23(25-22)29-18-10-16(11-18)14-28-13-15-7-5-4-6-8-15/h4-8,12,16,18H,2-3,9-11,13-14H2,1H3,(H,24,25,27)/t16-,18+. The summed E-state index contributed by atoms with van der Waals surface area (Å²) in [6, 6.07) is 11.5. The fourth-order valence-electron chi connectivity index (χ4n) is 3.73. The number of aromatic nitrogens is 2. The number of fused-ring (bicyclic) bond motifs is 1. The van der Waals surface area contributed by atoms with Crippen LogP contribution in [0.25, 0.3) is 11.1 Å². The van der Waals surface area contributed by atoms with Gasteiger partial charge in [0.2, 0.25) is 5.71 Å². The van der Waals surface area contributed by atoms with Gasteiger partial charge in [-0.05, 0) is 42.7 Å². The van der Waals surface area contributed by atoms with Gasteiger partial charge in [-0.2, -0.15) is 4.98 Å². The Morgan fingerprint density at radius 2 is 2.00 bits per heavy atom. The van der Waals surface area contributed by atoms with Gasteiger partial charge in [0.05, 0.1) is 13.2 Å². The zero-order chi connectivity index (χ0) is 20.9. The maximum absolute atomic E-state index is 12.6. The maximum atomic E-state index is 12.6. The molecule has 0 amide bonds. The Kier molecular flexibility index (Phi) is 6.28. The smallest absolute Gasteiger partial charge is 0.337 e. The lowest BCUT2D eigenvalue weighted by Crippen LogP contribution is -2.37. The number of aromatic amines is 1. The molecule has 0 saturated heterocycles. The summed E-state index contributed by atoms with van der Waals surface area (Å²) in [4.78, 5) is 31.3. The largest absolute Gasteiger partial charge is 0.461 e. The van der Waals surface area contributed by atoms with Crippen LogP contribution in [0.5, 0.6) is 6.01 Å². The highest BCUT2D eigenvalue weighted by molar-refractivity contribution is 5.75. The molecule has 1 N–H and O–H groups in total. The molecular weight excluding hydrogens is 384 g/mol. The quantitative estimate of drug-likeness (QED) is 0.579. The van der Waals surface area contributed by atoms with E-state index in [1.807, 2.05) is 30.3 Å². The highest BCUT2D eigenvalue weighted by Crippen LogP contribution is 2.31. The number of H-pyrrole nitrogens is 1. The highest BCUT2D eigenvalue weighted by Gasteiger charge is 2.31. The van der Waals surface area contributed by atoms with E-state index in [9.17, 15) is 9.59 Å². The van der Waals surface area contributed by atoms with Crippen LogP contribution in [0, 0.1) is 5.92 Å². The van der Waals surface area contributed by atoms with E-state index in [1.54, 1.807) is 0 Å². The molecule has 2 heterocycles. The first-order valence-corrected chi connectivity index (χ1v) is 10.5. The first-order valence-electron chi connectivity index (χ1n) is 10.5. The van der Waals surface area contributed by atoms with Crippen LogP contribution in [0.3, 0.4) is 0 Å². The molecule has 3 aromatic rings. The third-order valence-corrected chi connectivity index (χ3v) is 5.41. The van der Waals surface area contributed by atoms with Crippen LogP contribution in [-0.4, -0.2) is 22.7 Å². The van der Waals surface area contributed by atoms with Gasteiger partial charge in [-0.1, -0.05) is 43.7 Å². The van der Waals surface area contributed by atoms with E-state index in [-0.39, 0.29) is 23.4 Å². The van der Waals surface area contributed by atoms with E-state index in [2.05, 4.69) is 16.9 Å². The van der Waals surface area contributed by atoms with Crippen molar-refractivity contribution >= 4 is 11.1 Å². The predicted molar refractivity (Wildman–Crippen MR) is 113 cm³/mol.